The Balaban J connectivity index is 1.74. The van der Waals surface area contributed by atoms with Gasteiger partial charge in [-0.3, -0.25) is 0 Å². The molecule has 0 bridgehead atoms. The molecular formula is C18H20ClNO3S. The number of morpholine rings is 1. The summed E-state index contributed by atoms with van der Waals surface area (Å²) in [6, 6.07) is 15.0. The largest absolute Gasteiger partial charge is 0.371 e. The van der Waals surface area contributed by atoms with Gasteiger partial charge in [-0.1, -0.05) is 53.6 Å². The van der Waals surface area contributed by atoms with Gasteiger partial charge in [-0.15, -0.1) is 0 Å². The standard InChI is InChI=1S/C18H20ClNO3S/c1-14-5-7-15(8-6-14)13-24(21,22)20-9-10-23-18(12-20)16-3-2-4-17(19)11-16/h2-8,11,18H,9-10,12-13H2,1H3. The summed E-state index contributed by atoms with van der Waals surface area (Å²) in [5, 5.41) is 0.621. The van der Waals surface area contributed by atoms with Gasteiger partial charge in [0.2, 0.25) is 10.0 Å². The lowest BCUT2D eigenvalue weighted by Crippen LogP contribution is -2.42. The van der Waals surface area contributed by atoms with Gasteiger partial charge in [-0.2, -0.15) is 4.31 Å². The minimum Gasteiger partial charge on any atom is -0.371 e. The van der Waals surface area contributed by atoms with E-state index in [1.54, 1.807) is 6.07 Å². The van der Waals surface area contributed by atoms with Crippen molar-refractivity contribution in [1.29, 1.82) is 0 Å². The SMILES string of the molecule is Cc1ccc(CS(=O)(=O)N2CCOC(c3cccc(Cl)c3)C2)cc1. The van der Waals surface area contributed by atoms with Crippen molar-refractivity contribution in [3.05, 3.63) is 70.2 Å². The number of aryl methyl sites for hydroxylation is 1. The van der Waals surface area contributed by atoms with E-state index in [-0.39, 0.29) is 11.9 Å². The Bertz CT molecular complexity index is 805. The van der Waals surface area contributed by atoms with E-state index < -0.39 is 10.0 Å². The van der Waals surface area contributed by atoms with Crippen molar-refractivity contribution in [3.8, 4) is 0 Å². The van der Waals surface area contributed by atoms with Gasteiger partial charge in [-0.05, 0) is 30.2 Å². The van der Waals surface area contributed by atoms with Crippen LogP contribution in [-0.2, 0) is 20.5 Å². The highest BCUT2D eigenvalue weighted by molar-refractivity contribution is 7.88. The molecular weight excluding hydrogens is 346 g/mol. The average Bonchev–Trinajstić information content (AvgIpc) is 2.57. The Morgan fingerprint density at radius 2 is 1.96 bits per heavy atom. The van der Waals surface area contributed by atoms with Crippen LogP contribution in [0.25, 0.3) is 0 Å². The molecule has 4 nitrogen and oxygen atoms in total. The van der Waals surface area contributed by atoms with E-state index in [1.165, 1.54) is 4.31 Å². The van der Waals surface area contributed by atoms with Crippen molar-refractivity contribution in [2.75, 3.05) is 19.7 Å². The summed E-state index contributed by atoms with van der Waals surface area (Å²) < 4.78 is 32.7. The highest BCUT2D eigenvalue weighted by Crippen LogP contribution is 2.26. The first-order chi connectivity index (χ1) is 11.4. The maximum absolute atomic E-state index is 12.7. The minimum atomic E-state index is -3.38. The molecule has 3 rings (SSSR count). The second-order valence-electron chi connectivity index (χ2n) is 6.01. The summed E-state index contributed by atoms with van der Waals surface area (Å²) in [6.45, 7) is 3.06. The zero-order valence-electron chi connectivity index (χ0n) is 13.5. The lowest BCUT2D eigenvalue weighted by Gasteiger charge is -2.32. The third-order valence-corrected chi connectivity index (χ3v) is 6.16. The molecule has 2 aromatic rings. The monoisotopic (exact) mass is 365 g/mol. The van der Waals surface area contributed by atoms with Crippen molar-refractivity contribution in [2.24, 2.45) is 0 Å². The van der Waals surface area contributed by atoms with Crippen LogP contribution in [0.5, 0.6) is 0 Å². The van der Waals surface area contributed by atoms with Gasteiger partial charge in [0.1, 0.15) is 0 Å². The molecule has 0 aliphatic carbocycles. The van der Waals surface area contributed by atoms with Crippen LogP contribution < -0.4 is 0 Å². The number of hydrogen-bond acceptors (Lipinski definition) is 3. The Hall–Kier alpha value is -1.40. The normalized spacial score (nSPS) is 19.3. The van der Waals surface area contributed by atoms with Gasteiger partial charge in [0.05, 0.1) is 18.5 Å². The number of halogens is 1. The van der Waals surface area contributed by atoms with Crippen LogP contribution in [-0.4, -0.2) is 32.4 Å². The fraction of sp³-hybridized carbons (Fsp3) is 0.333. The molecule has 0 aromatic heterocycles. The molecule has 1 aliphatic rings. The summed E-state index contributed by atoms with van der Waals surface area (Å²) in [6.07, 6.45) is -0.287. The first kappa shape index (κ1) is 17.4. The number of rotatable bonds is 4. The minimum absolute atomic E-state index is 0.00947. The third-order valence-electron chi connectivity index (χ3n) is 4.11. The summed E-state index contributed by atoms with van der Waals surface area (Å²) in [5.74, 6) is 0.00947. The van der Waals surface area contributed by atoms with Crippen molar-refractivity contribution in [3.63, 3.8) is 0 Å². The second-order valence-corrected chi connectivity index (χ2v) is 8.42. The topological polar surface area (TPSA) is 46.6 Å². The van der Waals surface area contributed by atoms with Crippen LogP contribution in [0.15, 0.2) is 48.5 Å². The molecule has 0 radical (unpaired) electrons. The van der Waals surface area contributed by atoms with Gasteiger partial charge in [0.25, 0.3) is 0 Å². The highest BCUT2D eigenvalue weighted by atomic mass is 35.5. The summed E-state index contributed by atoms with van der Waals surface area (Å²) in [5.41, 5.74) is 2.81. The molecule has 1 heterocycles. The molecule has 2 aromatic carbocycles. The molecule has 6 heteroatoms. The fourth-order valence-electron chi connectivity index (χ4n) is 2.77. The van der Waals surface area contributed by atoms with E-state index in [9.17, 15) is 8.42 Å². The number of sulfonamides is 1. The molecule has 1 fully saturated rings. The predicted molar refractivity (Wildman–Crippen MR) is 95.5 cm³/mol. The van der Waals surface area contributed by atoms with Gasteiger partial charge in [0.15, 0.2) is 0 Å². The number of nitrogens with zero attached hydrogens (tertiary/aromatic N) is 1. The van der Waals surface area contributed by atoms with Gasteiger partial charge in [0, 0.05) is 18.1 Å². The molecule has 24 heavy (non-hydrogen) atoms. The van der Waals surface area contributed by atoms with E-state index in [4.69, 9.17) is 16.3 Å². The maximum atomic E-state index is 12.7. The van der Waals surface area contributed by atoms with Gasteiger partial charge >= 0.3 is 0 Å². The van der Waals surface area contributed by atoms with Gasteiger partial charge < -0.3 is 4.74 Å². The first-order valence-electron chi connectivity index (χ1n) is 7.84. The quantitative estimate of drug-likeness (QED) is 0.832. The Labute approximate surface area is 148 Å². The van der Waals surface area contributed by atoms with E-state index in [0.717, 1.165) is 16.7 Å². The zero-order valence-corrected chi connectivity index (χ0v) is 15.1. The third kappa shape index (κ3) is 4.16. The average molecular weight is 366 g/mol. The second kappa shape index (κ2) is 7.23. The van der Waals surface area contributed by atoms with Crippen molar-refractivity contribution in [2.45, 2.75) is 18.8 Å². The van der Waals surface area contributed by atoms with Crippen molar-refractivity contribution < 1.29 is 13.2 Å². The van der Waals surface area contributed by atoms with Gasteiger partial charge in [-0.25, -0.2) is 8.42 Å². The highest BCUT2D eigenvalue weighted by Gasteiger charge is 2.30. The molecule has 1 atom stereocenters. The molecule has 1 unspecified atom stereocenters. The summed E-state index contributed by atoms with van der Waals surface area (Å²) in [4.78, 5) is 0. The van der Waals surface area contributed by atoms with Crippen molar-refractivity contribution in [1.82, 2.24) is 4.31 Å². The molecule has 0 spiro atoms. The number of benzene rings is 2. The van der Waals surface area contributed by atoms with E-state index in [0.29, 0.717) is 24.7 Å². The van der Waals surface area contributed by atoms with Crippen LogP contribution in [0, 0.1) is 6.92 Å². The summed E-state index contributed by atoms with van der Waals surface area (Å²) in [7, 11) is -3.38. The van der Waals surface area contributed by atoms with Crippen LogP contribution in [0.1, 0.15) is 22.8 Å². The van der Waals surface area contributed by atoms with Crippen LogP contribution in [0.4, 0.5) is 0 Å². The molecule has 0 saturated carbocycles. The molecule has 1 aliphatic heterocycles. The molecule has 0 N–H and O–H groups in total. The lowest BCUT2D eigenvalue weighted by molar-refractivity contribution is -0.00259. The van der Waals surface area contributed by atoms with Crippen LogP contribution in [0.2, 0.25) is 5.02 Å². The zero-order chi connectivity index (χ0) is 17.2. The van der Waals surface area contributed by atoms with Crippen molar-refractivity contribution >= 4 is 21.6 Å². The molecule has 0 amide bonds. The smallest absolute Gasteiger partial charge is 0.218 e. The molecule has 1 saturated heterocycles. The Morgan fingerprint density at radius 1 is 1.21 bits per heavy atom. The summed E-state index contributed by atoms with van der Waals surface area (Å²) >= 11 is 6.02. The predicted octanol–water partition coefficient (Wildman–Crippen LogP) is 3.55. The van der Waals surface area contributed by atoms with Crippen LogP contribution in [0.3, 0.4) is 0 Å². The Morgan fingerprint density at radius 3 is 2.67 bits per heavy atom. The van der Waals surface area contributed by atoms with E-state index >= 15 is 0 Å². The lowest BCUT2D eigenvalue weighted by atomic mass is 10.1. The first-order valence-corrected chi connectivity index (χ1v) is 9.83. The number of hydrogen-bond donors (Lipinski definition) is 0. The van der Waals surface area contributed by atoms with E-state index in [1.807, 2.05) is 49.4 Å². The fourth-order valence-corrected chi connectivity index (χ4v) is 4.48. The number of ether oxygens (including phenoxy) is 1. The Kier molecular flexibility index (Phi) is 5.25. The van der Waals surface area contributed by atoms with E-state index in [2.05, 4.69) is 0 Å². The molecule has 128 valence electrons. The van der Waals surface area contributed by atoms with Crippen LogP contribution >= 0.6 is 11.6 Å². The maximum Gasteiger partial charge on any atom is 0.218 e.